The summed E-state index contributed by atoms with van der Waals surface area (Å²) in [5.74, 6) is 0.327. The quantitative estimate of drug-likeness (QED) is 0.863. The number of amides is 2. The number of sulfone groups is 1. The number of aryl methyl sites for hydroxylation is 2. The van der Waals surface area contributed by atoms with Crippen molar-refractivity contribution >= 4 is 21.6 Å². The van der Waals surface area contributed by atoms with Crippen LogP contribution in [0.25, 0.3) is 0 Å². The van der Waals surface area contributed by atoms with Crippen LogP contribution in [0.2, 0.25) is 0 Å². The number of benzene rings is 2. The number of piperidine rings is 1. The normalized spacial score (nSPS) is 17.6. The van der Waals surface area contributed by atoms with Crippen molar-refractivity contribution in [1.82, 2.24) is 4.90 Å². The summed E-state index contributed by atoms with van der Waals surface area (Å²) in [7, 11) is -3.32. The number of anilines is 1. The molecule has 3 rings (SSSR count). The number of urea groups is 1. The molecule has 0 aromatic heterocycles. The minimum Gasteiger partial charge on any atom is -0.324 e. The molecule has 1 aliphatic heterocycles. The van der Waals surface area contributed by atoms with E-state index >= 15 is 0 Å². The lowest BCUT2D eigenvalue weighted by Crippen LogP contribution is -2.41. The zero-order chi connectivity index (χ0) is 19.6. The second-order valence-corrected chi connectivity index (χ2v) is 9.39. The minimum atomic E-state index is -3.32. The molecular formula is C21H26N2O3S. The highest BCUT2D eigenvalue weighted by Crippen LogP contribution is 2.28. The smallest absolute Gasteiger partial charge is 0.321 e. The Morgan fingerprint density at radius 1 is 1.15 bits per heavy atom. The van der Waals surface area contributed by atoms with E-state index in [2.05, 4.69) is 36.5 Å². The number of carbonyl (C=O) groups is 1. The second kappa shape index (κ2) is 7.72. The van der Waals surface area contributed by atoms with Gasteiger partial charge in [-0.25, -0.2) is 13.2 Å². The molecule has 0 unspecified atom stereocenters. The fourth-order valence-corrected chi connectivity index (χ4v) is 4.17. The van der Waals surface area contributed by atoms with Gasteiger partial charge in [-0.2, -0.15) is 0 Å². The molecule has 2 aromatic rings. The topological polar surface area (TPSA) is 66.5 Å². The molecule has 6 heteroatoms. The summed E-state index contributed by atoms with van der Waals surface area (Å²) in [6.45, 7) is 5.31. The van der Waals surface area contributed by atoms with E-state index in [0.717, 1.165) is 18.4 Å². The Balaban J connectivity index is 1.74. The van der Waals surface area contributed by atoms with Gasteiger partial charge in [-0.1, -0.05) is 35.9 Å². The standard InChI is InChI=1S/C21H26N2O3S/c1-15-6-4-7-17(12-15)18-8-5-11-23(14-18)21(24)22-20-13-19(27(3,25)26)10-9-16(20)2/h4,6-7,9-10,12-13,18H,5,8,11,14H2,1-3H3,(H,22,24)/t18-/m1/s1. The molecule has 1 atom stereocenters. The number of nitrogens with zero attached hydrogens (tertiary/aromatic N) is 1. The van der Waals surface area contributed by atoms with Crippen LogP contribution in [0.1, 0.15) is 35.4 Å². The fourth-order valence-electron chi connectivity index (χ4n) is 3.52. The van der Waals surface area contributed by atoms with Crippen LogP contribution in [0.5, 0.6) is 0 Å². The highest BCUT2D eigenvalue weighted by molar-refractivity contribution is 7.90. The Kier molecular flexibility index (Phi) is 5.56. The predicted octanol–water partition coefficient (Wildman–Crippen LogP) is 4.12. The number of rotatable bonds is 3. The number of nitrogens with one attached hydrogen (secondary N) is 1. The van der Waals surface area contributed by atoms with Crippen molar-refractivity contribution in [1.29, 1.82) is 0 Å². The molecule has 0 spiro atoms. The predicted molar refractivity (Wildman–Crippen MR) is 108 cm³/mol. The van der Waals surface area contributed by atoms with Gasteiger partial charge < -0.3 is 10.2 Å². The second-order valence-electron chi connectivity index (χ2n) is 7.38. The lowest BCUT2D eigenvalue weighted by Gasteiger charge is -2.33. The Hall–Kier alpha value is -2.34. The lowest BCUT2D eigenvalue weighted by molar-refractivity contribution is 0.192. The maximum atomic E-state index is 12.8. The van der Waals surface area contributed by atoms with Gasteiger partial charge in [-0.3, -0.25) is 0 Å². The van der Waals surface area contributed by atoms with Gasteiger partial charge in [0.15, 0.2) is 9.84 Å². The Morgan fingerprint density at radius 2 is 1.93 bits per heavy atom. The van der Waals surface area contributed by atoms with Gasteiger partial charge in [0.1, 0.15) is 0 Å². The minimum absolute atomic E-state index is 0.180. The first kappa shape index (κ1) is 19.4. The molecule has 0 aliphatic carbocycles. The van der Waals surface area contributed by atoms with E-state index in [9.17, 15) is 13.2 Å². The SMILES string of the molecule is Cc1cccc([C@@H]2CCCN(C(=O)Nc3cc(S(C)(=O)=O)ccc3C)C2)c1. The fraction of sp³-hybridized carbons (Fsp3) is 0.381. The van der Waals surface area contributed by atoms with Crippen molar-refractivity contribution in [3.63, 3.8) is 0 Å². The van der Waals surface area contributed by atoms with Crippen LogP contribution in [0, 0.1) is 13.8 Å². The van der Waals surface area contributed by atoms with Crippen LogP contribution in [0.3, 0.4) is 0 Å². The van der Waals surface area contributed by atoms with Gasteiger partial charge >= 0.3 is 6.03 Å². The molecule has 2 amide bonds. The van der Waals surface area contributed by atoms with Crippen molar-refractivity contribution in [2.75, 3.05) is 24.7 Å². The van der Waals surface area contributed by atoms with Crippen molar-refractivity contribution in [2.24, 2.45) is 0 Å². The van der Waals surface area contributed by atoms with E-state index in [1.165, 1.54) is 23.4 Å². The third kappa shape index (κ3) is 4.69. The number of likely N-dealkylation sites (tertiary alicyclic amines) is 1. The summed E-state index contributed by atoms with van der Waals surface area (Å²) in [6.07, 6.45) is 3.19. The van der Waals surface area contributed by atoms with Gasteiger partial charge in [0, 0.05) is 31.0 Å². The van der Waals surface area contributed by atoms with Gasteiger partial charge in [0.2, 0.25) is 0 Å². The first-order valence-electron chi connectivity index (χ1n) is 9.17. The molecular weight excluding hydrogens is 360 g/mol. The molecule has 144 valence electrons. The zero-order valence-corrected chi connectivity index (χ0v) is 16.8. The van der Waals surface area contributed by atoms with Gasteiger partial charge in [0.25, 0.3) is 0 Å². The molecule has 0 bridgehead atoms. The maximum Gasteiger partial charge on any atom is 0.321 e. The molecule has 1 aliphatic rings. The highest BCUT2D eigenvalue weighted by Gasteiger charge is 2.25. The molecule has 5 nitrogen and oxygen atoms in total. The largest absolute Gasteiger partial charge is 0.324 e. The Morgan fingerprint density at radius 3 is 2.63 bits per heavy atom. The molecule has 1 N–H and O–H groups in total. The molecule has 1 heterocycles. The van der Waals surface area contributed by atoms with Crippen LogP contribution < -0.4 is 5.32 Å². The van der Waals surface area contributed by atoms with Crippen molar-refractivity contribution in [3.8, 4) is 0 Å². The monoisotopic (exact) mass is 386 g/mol. The number of hydrogen-bond donors (Lipinski definition) is 1. The van der Waals surface area contributed by atoms with E-state index in [0.29, 0.717) is 24.7 Å². The van der Waals surface area contributed by atoms with Crippen LogP contribution in [0.4, 0.5) is 10.5 Å². The van der Waals surface area contributed by atoms with Gasteiger partial charge in [-0.15, -0.1) is 0 Å². The zero-order valence-electron chi connectivity index (χ0n) is 16.0. The van der Waals surface area contributed by atoms with E-state index in [-0.39, 0.29) is 10.9 Å². The Bertz CT molecular complexity index is 954. The molecule has 0 radical (unpaired) electrons. The van der Waals surface area contributed by atoms with Crippen LogP contribution in [-0.2, 0) is 9.84 Å². The summed E-state index contributed by atoms with van der Waals surface area (Å²) in [5, 5.41) is 2.90. The maximum absolute atomic E-state index is 12.8. The average molecular weight is 387 g/mol. The van der Waals surface area contributed by atoms with E-state index in [4.69, 9.17) is 0 Å². The third-order valence-corrected chi connectivity index (χ3v) is 6.21. The average Bonchev–Trinajstić information content (AvgIpc) is 2.62. The van der Waals surface area contributed by atoms with Gasteiger partial charge in [0.05, 0.1) is 4.90 Å². The van der Waals surface area contributed by atoms with Gasteiger partial charge in [-0.05, 0) is 49.9 Å². The summed E-state index contributed by atoms with van der Waals surface area (Å²) in [6, 6.07) is 13.1. The van der Waals surface area contributed by atoms with Crippen molar-refractivity contribution in [3.05, 3.63) is 59.2 Å². The first-order valence-corrected chi connectivity index (χ1v) is 11.1. The van der Waals surface area contributed by atoms with Crippen LogP contribution >= 0.6 is 0 Å². The summed E-state index contributed by atoms with van der Waals surface area (Å²) in [4.78, 5) is 14.8. The number of hydrogen-bond acceptors (Lipinski definition) is 3. The highest BCUT2D eigenvalue weighted by atomic mass is 32.2. The van der Waals surface area contributed by atoms with E-state index < -0.39 is 9.84 Å². The number of carbonyl (C=O) groups excluding carboxylic acids is 1. The lowest BCUT2D eigenvalue weighted by atomic mass is 9.90. The molecule has 1 saturated heterocycles. The molecule has 1 fully saturated rings. The van der Waals surface area contributed by atoms with Crippen LogP contribution in [0.15, 0.2) is 47.4 Å². The van der Waals surface area contributed by atoms with E-state index in [1.54, 1.807) is 12.1 Å². The summed E-state index contributed by atoms with van der Waals surface area (Å²) < 4.78 is 23.6. The van der Waals surface area contributed by atoms with Crippen LogP contribution in [-0.4, -0.2) is 38.7 Å². The summed E-state index contributed by atoms with van der Waals surface area (Å²) >= 11 is 0. The first-order chi connectivity index (χ1) is 12.7. The van der Waals surface area contributed by atoms with Crippen molar-refractivity contribution < 1.29 is 13.2 Å². The van der Waals surface area contributed by atoms with Crippen molar-refractivity contribution in [2.45, 2.75) is 37.5 Å². The Labute approximate surface area is 161 Å². The molecule has 0 saturated carbocycles. The third-order valence-electron chi connectivity index (χ3n) is 5.10. The summed E-state index contributed by atoms with van der Waals surface area (Å²) in [5.41, 5.74) is 3.87. The van der Waals surface area contributed by atoms with E-state index in [1.807, 2.05) is 11.8 Å². The molecule has 27 heavy (non-hydrogen) atoms. The molecule has 2 aromatic carbocycles.